The van der Waals surface area contributed by atoms with Gasteiger partial charge in [0, 0.05) is 0 Å². The summed E-state index contributed by atoms with van der Waals surface area (Å²) in [7, 11) is -3.84. The monoisotopic (exact) mass is 410 g/mol. The second-order valence-electron chi connectivity index (χ2n) is 6.88. The van der Waals surface area contributed by atoms with E-state index in [1.807, 2.05) is 18.2 Å². The topological polar surface area (TPSA) is 80.7 Å². The maximum absolute atomic E-state index is 11.9. The zero-order valence-electron chi connectivity index (χ0n) is 16.3. The second-order valence-corrected chi connectivity index (χ2v) is 8.87. The third-order valence-corrected chi connectivity index (χ3v) is 6.26. The molecule has 3 rings (SSSR count). The zero-order chi connectivity index (χ0) is 21.0. The summed E-state index contributed by atoms with van der Waals surface area (Å²) < 4.78 is 29.7. The Labute approximate surface area is 170 Å². The smallest absolute Gasteiger partial charge is 0.319 e. The highest BCUT2D eigenvalue weighted by atomic mass is 32.2. The van der Waals surface area contributed by atoms with E-state index in [1.54, 1.807) is 0 Å². The van der Waals surface area contributed by atoms with Gasteiger partial charge in [0.1, 0.15) is 12.4 Å². The van der Waals surface area contributed by atoms with E-state index in [9.17, 15) is 13.2 Å². The Morgan fingerprint density at radius 1 is 0.897 bits per heavy atom. The maximum atomic E-state index is 11.9. The molecule has 6 heteroatoms. The summed E-state index contributed by atoms with van der Waals surface area (Å²) >= 11 is 0. The number of rotatable bonds is 7. The Balaban J connectivity index is 1.75. The van der Waals surface area contributed by atoms with Gasteiger partial charge in [-0.15, -0.1) is 0 Å². The SMILES string of the molecule is Cc1ccccc1-c1cc(COc2ccc(S(=O)(=O)CC(=O)O)cc2)ccc1C. The lowest BCUT2D eigenvalue weighted by Gasteiger charge is -2.13. The highest BCUT2D eigenvalue weighted by Crippen LogP contribution is 2.28. The molecule has 0 heterocycles. The molecule has 0 aliphatic rings. The largest absolute Gasteiger partial charge is 0.489 e. The minimum absolute atomic E-state index is 0.0376. The molecule has 0 bridgehead atoms. The fourth-order valence-electron chi connectivity index (χ4n) is 3.08. The Morgan fingerprint density at radius 3 is 2.21 bits per heavy atom. The molecule has 1 N–H and O–H groups in total. The molecule has 5 nitrogen and oxygen atoms in total. The van der Waals surface area contributed by atoms with Crippen LogP contribution in [-0.2, 0) is 21.2 Å². The number of benzene rings is 3. The van der Waals surface area contributed by atoms with Crippen molar-refractivity contribution in [2.24, 2.45) is 0 Å². The van der Waals surface area contributed by atoms with Crippen LogP contribution in [0.1, 0.15) is 16.7 Å². The van der Waals surface area contributed by atoms with Crippen LogP contribution in [0.3, 0.4) is 0 Å². The Morgan fingerprint density at radius 2 is 1.55 bits per heavy atom. The lowest BCUT2D eigenvalue weighted by Crippen LogP contribution is -2.15. The number of carboxylic acids is 1. The van der Waals surface area contributed by atoms with Gasteiger partial charge in [-0.3, -0.25) is 4.79 Å². The van der Waals surface area contributed by atoms with Gasteiger partial charge < -0.3 is 9.84 Å². The summed E-state index contributed by atoms with van der Waals surface area (Å²) in [6.45, 7) is 4.49. The predicted molar refractivity (Wildman–Crippen MR) is 112 cm³/mol. The molecule has 0 atom stereocenters. The van der Waals surface area contributed by atoms with Gasteiger partial charge in [-0.05, 0) is 72.0 Å². The summed E-state index contributed by atoms with van der Waals surface area (Å²) in [5.41, 5.74) is 5.71. The maximum Gasteiger partial charge on any atom is 0.319 e. The first-order valence-electron chi connectivity index (χ1n) is 9.09. The van der Waals surface area contributed by atoms with Gasteiger partial charge in [0.05, 0.1) is 4.90 Å². The number of hydrogen-bond acceptors (Lipinski definition) is 4. The molecule has 0 radical (unpaired) electrons. The average molecular weight is 410 g/mol. The van der Waals surface area contributed by atoms with Crippen LogP contribution in [0.15, 0.2) is 71.6 Å². The molecule has 0 unspecified atom stereocenters. The molecular formula is C23H22O5S. The van der Waals surface area contributed by atoms with Gasteiger partial charge in [0.15, 0.2) is 15.6 Å². The fourth-order valence-corrected chi connectivity index (χ4v) is 4.12. The normalized spacial score (nSPS) is 11.2. The van der Waals surface area contributed by atoms with Crippen LogP contribution in [0.5, 0.6) is 5.75 Å². The van der Waals surface area contributed by atoms with Gasteiger partial charge in [0.25, 0.3) is 0 Å². The predicted octanol–water partition coefficient (Wildman–Crippen LogP) is 4.41. The summed E-state index contributed by atoms with van der Waals surface area (Å²) in [5, 5.41) is 8.71. The van der Waals surface area contributed by atoms with E-state index >= 15 is 0 Å². The van der Waals surface area contributed by atoms with Crippen LogP contribution >= 0.6 is 0 Å². The average Bonchev–Trinajstić information content (AvgIpc) is 2.67. The number of sulfone groups is 1. The molecule has 0 aliphatic carbocycles. The van der Waals surface area contributed by atoms with Crippen LogP contribution in [0.4, 0.5) is 0 Å². The molecule has 3 aromatic rings. The van der Waals surface area contributed by atoms with Crippen molar-refractivity contribution < 1.29 is 23.1 Å². The van der Waals surface area contributed by atoms with E-state index in [0.717, 1.165) is 11.1 Å². The van der Waals surface area contributed by atoms with Crippen LogP contribution in [0.2, 0.25) is 0 Å². The van der Waals surface area contributed by atoms with Gasteiger partial charge in [-0.1, -0.05) is 36.4 Å². The molecule has 0 spiro atoms. The number of hydrogen-bond donors (Lipinski definition) is 1. The molecule has 0 aromatic heterocycles. The molecule has 0 saturated heterocycles. The van der Waals surface area contributed by atoms with E-state index < -0.39 is 21.6 Å². The molecule has 0 aliphatic heterocycles. The fraction of sp³-hybridized carbons (Fsp3) is 0.174. The van der Waals surface area contributed by atoms with Gasteiger partial charge >= 0.3 is 5.97 Å². The third-order valence-electron chi connectivity index (χ3n) is 4.64. The van der Waals surface area contributed by atoms with E-state index in [-0.39, 0.29) is 4.90 Å². The second kappa shape index (κ2) is 8.49. The minimum atomic E-state index is -3.84. The van der Waals surface area contributed by atoms with Gasteiger partial charge in [-0.2, -0.15) is 0 Å². The first kappa shape index (κ1) is 20.6. The van der Waals surface area contributed by atoms with Gasteiger partial charge in [0.2, 0.25) is 0 Å². The molecule has 0 fully saturated rings. The summed E-state index contributed by atoms with van der Waals surface area (Å²) in [6.07, 6.45) is 0. The summed E-state index contributed by atoms with van der Waals surface area (Å²) in [4.78, 5) is 10.6. The molecule has 0 saturated carbocycles. The van der Waals surface area contributed by atoms with Crippen LogP contribution in [-0.4, -0.2) is 25.2 Å². The highest BCUT2D eigenvalue weighted by molar-refractivity contribution is 7.92. The van der Waals surface area contributed by atoms with Crippen LogP contribution in [0.25, 0.3) is 11.1 Å². The molecule has 150 valence electrons. The lowest BCUT2D eigenvalue weighted by atomic mass is 9.95. The number of aryl methyl sites for hydroxylation is 2. The first-order valence-corrected chi connectivity index (χ1v) is 10.7. The molecule has 3 aromatic carbocycles. The van der Waals surface area contributed by atoms with E-state index in [0.29, 0.717) is 12.4 Å². The van der Waals surface area contributed by atoms with Crippen molar-refractivity contribution in [2.75, 3.05) is 5.75 Å². The summed E-state index contributed by atoms with van der Waals surface area (Å²) in [6, 6.07) is 20.2. The molecule has 29 heavy (non-hydrogen) atoms. The quantitative estimate of drug-likeness (QED) is 0.624. The number of carbonyl (C=O) groups is 1. The molecular weight excluding hydrogens is 388 g/mol. The van der Waals surface area contributed by atoms with Crippen molar-refractivity contribution in [1.29, 1.82) is 0 Å². The van der Waals surface area contributed by atoms with Crippen LogP contribution in [0, 0.1) is 13.8 Å². The summed E-state index contributed by atoms with van der Waals surface area (Å²) in [5.74, 6) is -1.80. The van der Waals surface area contributed by atoms with E-state index in [1.165, 1.54) is 41.0 Å². The van der Waals surface area contributed by atoms with Crippen LogP contribution < -0.4 is 4.74 Å². The van der Waals surface area contributed by atoms with Crippen molar-refractivity contribution in [2.45, 2.75) is 25.3 Å². The lowest BCUT2D eigenvalue weighted by molar-refractivity contribution is -0.134. The first-order chi connectivity index (χ1) is 13.8. The molecule has 0 amide bonds. The van der Waals surface area contributed by atoms with Crippen molar-refractivity contribution in [3.8, 4) is 16.9 Å². The number of ether oxygens (including phenoxy) is 1. The van der Waals surface area contributed by atoms with Crippen molar-refractivity contribution in [3.63, 3.8) is 0 Å². The third kappa shape index (κ3) is 5.03. The standard InChI is InChI=1S/C23H22O5S/c1-16-5-3-4-6-21(16)22-13-18(8-7-17(22)2)14-28-19-9-11-20(12-10-19)29(26,27)15-23(24)25/h3-13H,14-15H2,1-2H3,(H,24,25). The van der Waals surface area contributed by atoms with Crippen molar-refractivity contribution in [1.82, 2.24) is 0 Å². The van der Waals surface area contributed by atoms with E-state index in [4.69, 9.17) is 9.84 Å². The number of carboxylic acid groups (broad SMARTS) is 1. The Kier molecular flexibility index (Phi) is 6.03. The Hall–Kier alpha value is -3.12. The van der Waals surface area contributed by atoms with Crippen molar-refractivity contribution in [3.05, 3.63) is 83.4 Å². The minimum Gasteiger partial charge on any atom is -0.489 e. The number of aliphatic carboxylic acids is 1. The van der Waals surface area contributed by atoms with Crippen molar-refractivity contribution >= 4 is 15.8 Å². The highest BCUT2D eigenvalue weighted by Gasteiger charge is 2.18. The zero-order valence-corrected chi connectivity index (χ0v) is 17.1. The Bertz CT molecular complexity index is 1130. The van der Waals surface area contributed by atoms with E-state index in [2.05, 4.69) is 38.1 Å². The van der Waals surface area contributed by atoms with Gasteiger partial charge in [-0.25, -0.2) is 8.42 Å².